The van der Waals surface area contributed by atoms with E-state index in [1.54, 1.807) is 27.9 Å². The average molecular weight is 219 g/mol. The van der Waals surface area contributed by atoms with Gasteiger partial charge in [0.15, 0.2) is 0 Å². The highest BCUT2D eigenvalue weighted by atomic mass is 29.6. The van der Waals surface area contributed by atoms with Crippen molar-refractivity contribution in [3.8, 4) is 0 Å². The average Bonchev–Trinajstić information content (AvgIpc) is 2.04. The van der Waals surface area contributed by atoms with Crippen LogP contribution in [0.5, 0.6) is 0 Å². The van der Waals surface area contributed by atoms with E-state index in [1.807, 2.05) is 0 Å². The van der Waals surface area contributed by atoms with Gasteiger partial charge in [-0.15, -0.1) is 0 Å². The van der Waals surface area contributed by atoms with Gasteiger partial charge >= 0.3 is 0 Å². The Labute approximate surface area is 84.4 Å². The Morgan fingerprint density at radius 3 is 1.58 bits per heavy atom. The molecule has 0 aliphatic rings. The highest BCUT2D eigenvalue weighted by Crippen LogP contribution is 2.11. The fourth-order valence-electron chi connectivity index (χ4n) is 2.15. The van der Waals surface area contributed by atoms with Crippen LogP contribution in [0.2, 0.25) is 18.1 Å². The summed E-state index contributed by atoms with van der Waals surface area (Å²) in [5.74, 6) is 0. The zero-order valence-electron chi connectivity index (χ0n) is 9.40. The molecule has 0 rings (SSSR count). The fourth-order valence-corrected chi connectivity index (χ4v) is 22.0. The Morgan fingerprint density at radius 1 is 0.833 bits per heavy atom. The van der Waals surface area contributed by atoms with E-state index in [0.29, 0.717) is 0 Å². The van der Waals surface area contributed by atoms with Gasteiger partial charge in [0.05, 0.1) is 0 Å². The molecule has 12 heavy (non-hydrogen) atoms. The molecule has 0 aromatic heterocycles. The minimum Gasteiger partial charge on any atom is -0.0657 e. The van der Waals surface area contributed by atoms with Gasteiger partial charge in [-0.25, -0.2) is 0 Å². The summed E-state index contributed by atoms with van der Waals surface area (Å²) in [6.07, 6.45) is 4.44. The van der Waals surface area contributed by atoms with Crippen LogP contribution in [-0.4, -0.2) is 25.9 Å². The van der Waals surface area contributed by atoms with Crippen molar-refractivity contribution in [2.75, 3.05) is 0 Å². The molecule has 0 aliphatic heterocycles. The fraction of sp³-hybridized carbons (Fsp3) is 1.00. The lowest BCUT2D eigenvalue weighted by Gasteiger charge is -2.19. The van der Waals surface area contributed by atoms with Gasteiger partial charge in [0.25, 0.3) is 0 Å². The van der Waals surface area contributed by atoms with Crippen molar-refractivity contribution in [2.45, 2.75) is 58.2 Å². The molecule has 0 saturated heterocycles. The second-order valence-electron chi connectivity index (χ2n) is 4.10. The van der Waals surface area contributed by atoms with Crippen molar-refractivity contribution in [1.82, 2.24) is 0 Å². The number of rotatable bonds is 7. The molecule has 0 fully saturated rings. The highest BCUT2D eigenvalue weighted by molar-refractivity contribution is 7.41. The third-order valence-corrected chi connectivity index (χ3v) is 26.6. The third kappa shape index (κ3) is 5.32. The van der Waals surface area contributed by atoms with Crippen LogP contribution < -0.4 is 0 Å². The van der Waals surface area contributed by atoms with Gasteiger partial charge < -0.3 is 0 Å². The van der Waals surface area contributed by atoms with E-state index < -0.39 is 0 Å². The standard InChI is InChI=1S/C9H26Si3/c1-4-7-11(8-5-2)12(10)9-6-3/h11-12H,4-9H2,1-3,10H3. The van der Waals surface area contributed by atoms with E-state index >= 15 is 0 Å². The molecule has 0 amide bonds. The minimum atomic E-state index is -0.145. The summed E-state index contributed by atoms with van der Waals surface area (Å²) in [6.45, 7) is 7.13. The van der Waals surface area contributed by atoms with Gasteiger partial charge in [-0.1, -0.05) is 58.2 Å². The molecule has 3 heteroatoms. The maximum Gasteiger partial charge on any atom is 0.0245 e. The zero-order valence-corrected chi connectivity index (χ0v) is 13.7. The van der Waals surface area contributed by atoms with Crippen LogP contribution in [0.3, 0.4) is 0 Å². The molecule has 0 aromatic carbocycles. The van der Waals surface area contributed by atoms with E-state index in [-0.39, 0.29) is 16.1 Å². The van der Waals surface area contributed by atoms with Crippen LogP contribution in [-0.2, 0) is 0 Å². The van der Waals surface area contributed by atoms with Gasteiger partial charge in [0.1, 0.15) is 0 Å². The summed E-state index contributed by atoms with van der Waals surface area (Å²) in [5, 5.41) is 0. The molecule has 1 unspecified atom stereocenters. The van der Waals surface area contributed by atoms with Gasteiger partial charge in [-0.2, -0.15) is 0 Å². The first-order valence-corrected chi connectivity index (χ1v) is 15.5. The minimum absolute atomic E-state index is 0.0746. The molecule has 1 atom stereocenters. The molecule has 0 aliphatic carbocycles. The molecule has 0 saturated carbocycles. The van der Waals surface area contributed by atoms with Crippen molar-refractivity contribution >= 4 is 25.9 Å². The SMILES string of the molecule is CCC[SiH]([SiH3])[SiH](CCC)CCC. The molecule has 0 spiro atoms. The monoisotopic (exact) mass is 218 g/mol. The van der Waals surface area contributed by atoms with Crippen molar-refractivity contribution in [1.29, 1.82) is 0 Å². The zero-order chi connectivity index (χ0) is 9.40. The van der Waals surface area contributed by atoms with Crippen LogP contribution in [0, 0.1) is 0 Å². The summed E-state index contributed by atoms with van der Waals surface area (Å²) in [4.78, 5) is 0. The molecule has 0 N–H and O–H groups in total. The Bertz CT molecular complexity index is 89.8. The first-order chi connectivity index (χ1) is 5.76. The summed E-state index contributed by atoms with van der Waals surface area (Å²) < 4.78 is 0. The molecule has 0 aromatic rings. The summed E-state index contributed by atoms with van der Waals surface area (Å²) in [7, 11) is 1.39. The quantitative estimate of drug-likeness (QED) is 0.570. The molecule has 0 radical (unpaired) electrons. The normalized spacial score (nSPS) is 14.0. The van der Waals surface area contributed by atoms with Crippen LogP contribution in [0.4, 0.5) is 0 Å². The van der Waals surface area contributed by atoms with Crippen LogP contribution in [0.15, 0.2) is 0 Å². The van der Waals surface area contributed by atoms with E-state index in [1.165, 1.54) is 19.3 Å². The molecule has 0 heterocycles. The lowest BCUT2D eigenvalue weighted by atomic mass is 10.6. The molecule has 74 valence electrons. The Kier molecular flexibility index (Phi) is 8.71. The van der Waals surface area contributed by atoms with Gasteiger partial charge in [0, 0.05) is 16.1 Å². The Morgan fingerprint density at radius 2 is 1.25 bits per heavy atom. The van der Waals surface area contributed by atoms with E-state index in [2.05, 4.69) is 20.8 Å². The van der Waals surface area contributed by atoms with Gasteiger partial charge in [-0.05, 0) is 9.76 Å². The molecular formula is C9H26Si3. The summed E-state index contributed by atoms with van der Waals surface area (Å²) in [5.41, 5.74) is 0. The second kappa shape index (κ2) is 8.26. The van der Waals surface area contributed by atoms with Crippen molar-refractivity contribution in [3.63, 3.8) is 0 Å². The van der Waals surface area contributed by atoms with E-state index in [0.717, 1.165) is 0 Å². The second-order valence-corrected chi connectivity index (χ2v) is 24.0. The summed E-state index contributed by atoms with van der Waals surface area (Å²) in [6, 6.07) is 5.03. The Hall–Kier alpha value is 0.651. The van der Waals surface area contributed by atoms with Crippen LogP contribution >= 0.6 is 0 Å². The number of hydrogen-bond donors (Lipinski definition) is 0. The highest BCUT2D eigenvalue weighted by Gasteiger charge is 2.16. The Balaban J connectivity index is 3.72. The maximum atomic E-state index is 2.38. The van der Waals surface area contributed by atoms with Crippen LogP contribution in [0.25, 0.3) is 0 Å². The van der Waals surface area contributed by atoms with Crippen LogP contribution in [0.1, 0.15) is 40.0 Å². The van der Waals surface area contributed by atoms with Gasteiger partial charge in [-0.3, -0.25) is 0 Å². The van der Waals surface area contributed by atoms with Crippen molar-refractivity contribution < 1.29 is 0 Å². The van der Waals surface area contributed by atoms with Gasteiger partial charge in [0.2, 0.25) is 0 Å². The lowest BCUT2D eigenvalue weighted by molar-refractivity contribution is 1.01. The third-order valence-electron chi connectivity index (χ3n) is 2.87. The van der Waals surface area contributed by atoms with E-state index in [4.69, 9.17) is 0 Å². The number of hydrogen-bond acceptors (Lipinski definition) is 0. The maximum absolute atomic E-state index is 2.38. The first kappa shape index (κ1) is 12.7. The predicted molar refractivity (Wildman–Crippen MR) is 69.5 cm³/mol. The van der Waals surface area contributed by atoms with Crippen molar-refractivity contribution in [3.05, 3.63) is 0 Å². The first-order valence-electron chi connectivity index (χ1n) is 5.76. The lowest BCUT2D eigenvalue weighted by Crippen LogP contribution is -2.35. The molecular weight excluding hydrogens is 192 g/mol. The largest absolute Gasteiger partial charge is 0.0657 e. The van der Waals surface area contributed by atoms with E-state index in [9.17, 15) is 0 Å². The predicted octanol–water partition coefficient (Wildman–Crippen LogP) is 1.61. The topological polar surface area (TPSA) is 0 Å². The van der Waals surface area contributed by atoms with Crippen molar-refractivity contribution in [2.24, 2.45) is 0 Å². The molecule has 0 bridgehead atoms. The molecule has 0 nitrogen and oxygen atoms in total. The smallest absolute Gasteiger partial charge is 0.0245 e. The summed E-state index contributed by atoms with van der Waals surface area (Å²) >= 11 is 0.